The van der Waals surface area contributed by atoms with Gasteiger partial charge in [-0.1, -0.05) is 22.9 Å². The second kappa shape index (κ2) is 7.64. The van der Waals surface area contributed by atoms with Gasteiger partial charge in [-0.15, -0.1) is 0 Å². The van der Waals surface area contributed by atoms with E-state index in [1.54, 1.807) is 26.0 Å². The molecule has 1 N–H and O–H groups in total. The number of carbonyl (C=O) groups excluding carboxylic acids is 1. The number of halogens is 1. The maximum Gasteiger partial charge on any atom is 0.258 e. The van der Waals surface area contributed by atoms with E-state index in [2.05, 4.69) is 21.2 Å². The van der Waals surface area contributed by atoms with Gasteiger partial charge in [0.2, 0.25) is 0 Å². The molecule has 1 atom stereocenters. The first-order chi connectivity index (χ1) is 9.32. The summed E-state index contributed by atoms with van der Waals surface area (Å²) in [5, 5.41) is 2.60. The van der Waals surface area contributed by atoms with Crippen LogP contribution in [0.25, 0.3) is 0 Å². The molecule has 0 radical (unpaired) electrons. The molecule has 5 nitrogen and oxygen atoms in total. The Morgan fingerprint density at radius 1 is 1.35 bits per heavy atom. The van der Waals surface area contributed by atoms with Gasteiger partial charge in [0.15, 0.2) is 16.4 Å². The Morgan fingerprint density at radius 2 is 1.95 bits per heavy atom. The van der Waals surface area contributed by atoms with E-state index >= 15 is 0 Å². The van der Waals surface area contributed by atoms with Gasteiger partial charge < -0.3 is 10.1 Å². The maximum absolute atomic E-state index is 11.6. The molecule has 0 heterocycles. The van der Waals surface area contributed by atoms with Crippen LogP contribution in [0.15, 0.2) is 28.7 Å². The van der Waals surface area contributed by atoms with Gasteiger partial charge in [-0.3, -0.25) is 4.79 Å². The summed E-state index contributed by atoms with van der Waals surface area (Å²) < 4.78 is 29.1. The smallest absolute Gasteiger partial charge is 0.258 e. The Kier molecular flexibility index (Phi) is 6.48. The molecule has 0 saturated carbocycles. The zero-order chi connectivity index (χ0) is 15.2. The first-order valence-electron chi connectivity index (χ1n) is 6.20. The summed E-state index contributed by atoms with van der Waals surface area (Å²) in [6, 6.07) is 6.67. The van der Waals surface area contributed by atoms with Crippen LogP contribution in [-0.4, -0.2) is 38.5 Å². The number of ether oxygens (including phenoxy) is 1. The highest BCUT2D eigenvalue weighted by Gasteiger charge is 2.15. The second-order valence-corrected chi connectivity index (χ2v) is 7.72. The minimum atomic E-state index is -3.10. The van der Waals surface area contributed by atoms with Crippen molar-refractivity contribution in [3.8, 4) is 5.75 Å². The summed E-state index contributed by atoms with van der Waals surface area (Å²) in [7, 11) is -3.10. The first-order valence-corrected chi connectivity index (χ1v) is 8.82. The molecular weight excluding hydrogens is 346 g/mol. The molecule has 0 spiro atoms. The number of hydrogen-bond donors (Lipinski definition) is 1. The number of rotatable bonds is 7. The van der Waals surface area contributed by atoms with E-state index in [9.17, 15) is 13.2 Å². The fourth-order valence-electron chi connectivity index (χ4n) is 1.54. The highest BCUT2D eigenvalue weighted by atomic mass is 79.9. The lowest BCUT2D eigenvalue weighted by atomic mass is 10.3. The lowest BCUT2D eigenvalue weighted by Crippen LogP contribution is -2.40. The standard InChI is InChI=1S/C13H18BrNO4S/c1-3-20(17,18)9-10(2)15-13(16)8-19-12-6-4-11(14)5-7-12/h4-7,10H,3,8-9H2,1-2H3,(H,15,16). The van der Waals surface area contributed by atoms with Gasteiger partial charge in [-0.25, -0.2) is 8.42 Å². The Balaban J connectivity index is 2.38. The number of benzene rings is 1. The maximum atomic E-state index is 11.6. The molecule has 0 aliphatic carbocycles. The van der Waals surface area contributed by atoms with Crippen LogP contribution in [0, 0.1) is 0 Å². The molecule has 0 aliphatic rings. The molecular formula is C13H18BrNO4S. The summed E-state index contributed by atoms with van der Waals surface area (Å²) in [6.07, 6.45) is 0. The zero-order valence-electron chi connectivity index (χ0n) is 11.4. The van der Waals surface area contributed by atoms with E-state index in [1.165, 1.54) is 0 Å². The second-order valence-electron chi connectivity index (χ2n) is 4.41. The summed E-state index contributed by atoms with van der Waals surface area (Å²) in [5.74, 6) is 0.250. The van der Waals surface area contributed by atoms with Gasteiger partial charge >= 0.3 is 0 Å². The Morgan fingerprint density at radius 3 is 2.50 bits per heavy atom. The highest BCUT2D eigenvalue weighted by molar-refractivity contribution is 9.10. The largest absolute Gasteiger partial charge is 0.484 e. The van der Waals surface area contributed by atoms with Crippen LogP contribution in [-0.2, 0) is 14.6 Å². The van der Waals surface area contributed by atoms with Crippen LogP contribution < -0.4 is 10.1 Å². The average molecular weight is 364 g/mol. The topological polar surface area (TPSA) is 72.5 Å². The molecule has 1 aromatic carbocycles. The molecule has 0 saturated heterocycles. The molecule has 1 unspecified atom stereocenters. The molecule has 1 aromatic rings. The van der Waals surface area contributed by atoms with Crippen molar-refractivity contribution < 1.29 is 17.9 Å². The minimum Gasteiger partial charge on any atom is -0.484 e. The van der Waals surface area contributed by atoms with Crippen molar-refractivity contribution >= 4 is 31.7 Å². The Bertz CT molecular complexity index is 542. The number of nitrogens with one attached hydrogen (secondary N) is 1. The van der Waals surface area contributed by atoms with E-state index in [0.717, 1.165) is 4.47 Å². The lowest BCUT2D eigenvalue weighted by molar-refractivity contribution is -0.123. The highest BCUT2D eigenvalue weighted by Crippen LogP contribution is 2.15. The van der Waals surface area contributed by atoms with Crippen molar-refractivity contribution in [2.75, 3.05) is 18.1 Å². The van der Waals surface area contributed by atoms with Crippen LogP contribution in [0.5, 0.6) is 5.75 Å². The predicted octanol–water partition coefficient (Wildman–Crippen LogP) is 1.77. The average Bonchev–Trinajstić information content (AvgIpc) is 2.37. The number of hydrogen-bond acceptors (Lipinski definition) is 4. The van der Waals surface area contributed by atoms with Crippen molar-refractivity contribution in [1.82, 2.24) is 5.32 Å². The predicted molar refractivity (Wildman–Crippen MR) is 81.6 cm³/mol. The summed E-state index contributed by atoms with van der Waals surface area (Å²) >= 11 is 3.30. The van der Waals surface area contributed by atoms with Crippen molar-refractivity contribution in [3.63, 3.8) is 0 Å². The van der Waals surface area contributed by atoms with Gasteiger partial charge in [0, 0.05) is 16.3 Å². The molecule has 20 heavy (non-hydrogen) atoms. The van der Waals surface area contributed by atoms with Crippen LogP contribution in [0.3, 0.4) is 0 Å². The summed E-state index contributed by atoms with van der Waals surface area (Å²) in [4.78, 5) is 11.6. The summed E-state index contributed by atoms with van der Waals surface area (Å²) in [5.41, 5.74) is 0. The third-order valence-electron chi connectivity index (χ3n) is 2.53. The van der Waals surface area contributed by atoms with Gasteiger partial charge in [0.1, 0.15) is 5.75 Å². The SMILES string of the molecule is CCS(=O)(=O)CC(C)NC(=O)COc1ccc(Br)cc1. The normalized spacial score (nSPS) is 12.8. The van der Waals surface area contributed by atoms with E-state index in [-0.39, 0.29) is 24.0 Å². The molecule has 0 bridgehead atoms. The quantitative estimate of drug-likeness (QED) is 0.801. The Labute approximate surface area is 127 Å². The van der Waals surface area contributed by atoms with E-state index in [1.807, 2.05) is 12.1 Å². The zero-order valence-corrected chi connectivity index (χ0v) is 13.8. The third-order valence-corrected chi connectivity index (χ3v) is 4.95. The molecule has 0 fully saturated rings. The molecule has 7 heteroatoms. The van der Waals surface area contributed by atoms with E-state index in [4.69, 9.17) is 4.74 Å². The van der Waals surface area contributed by atoms with E-state index < -0.39 is 15.9 Å². The fraction of sp³-hybridized carbons (Fsp3) is 0.462. The summed E-state index contributed by atoms with van der Waals surface area (Å²) in [6.45, 7) is 3.10. The van der Waals surface area contributed by atoms with Crippen molar-refractivity contribution in [1.29, 1.82) is 0 Å². The van der Waals surface area contributed by atoms with Crippen LogP contribution in [0.2, 0.25) is 0 Å². The van der Waals surface area contributed by atoms with Crippen LogP contribution in [0.1, 0.15) is 13.8 Å². The molecule has 112 valence electrons. The van der Waals surface area contributed by atoms with Gasteiger partial charge in [0.05, 0.1) is 5.75 Å². The van der Waals surface area contributed by atoms with Crippen molar-refractivity contribution in [3.05, 3.63) is 28.7 Å². The molecule has 1 rings (SSSR count). The van der Waals surface area contributed by atoms with Gasteiger partial charge in [-0.2, -0.15) is 0 Å². The third kappa shape index (κ3) is 6.38. The number of carbonyl (C=O) groups is 1. The van der Waals surface area contributed by atoms with Crippen molar-refractivity contribution in [2.24, 2.45) is 0 Å². The minimum absolute atomic E-state index is 0.0620. The van der Waals surface area contributed by atoms with Gasteiger partial charge in [0.25, 0.3) is 5.91 Å². The molecule has 0 aliphatic heterocycles. The Hall–Kier alpha value is -1.08. The monoisotopic (exact) mass is 363 g/mol. The van der Waals surface area contributed by atoms with Gasteiger partial charge in [-0.05, 0) is 31.2 Å². The molecule has 0 aromatic heterocycles. The fourth-order valence-corrected chi connectivity index (χ4v) is 2.88. The first kappa shape index (κ1) is 17.0. The number of amides is 1. The van der Waals surface area contributed by atoms with Crippen LogP contribution in [0.4, 0.5) is 0 Å². The molecule has 1 amide bonds. The van der Waals surface area contributed by atoms with E-state index in [0.29, 0.717) is 5.75 Å². The number of sulfone groups is 1. The van der Waals surface area contributed by atoms with Crippen LogP contribution >= 0.6 is 15.9 Å². The van der Waals surface area contributed by atoms with Crippen molar-refractivity contribution in [2.45, 2.75) is 19.9 Å². The lowest BCUT2D eigenvalue weighted by Gasteiger charge is -2.14.